The van der Waals surface area contributed by atoms with Crippen molar-refractivity contribution in [2.75, 3.05) is 0 Å². The normalized spacial score (nSPS) is 5.33. The van der Waals surface area contributed by atoms with Gasteiger partial charge in [-0.05, 0) is 6.42 Å². The number of allylic oxidation sites excluding steroid dienone is 1. The van der Waals surface area contributed by atoms with E-state index in [0.29, 0.717) is 5.57 Å². The lowest BCUT2D eigenvalue weighted by atomic mass is 10.3. The number of hydrogen-bond acceptors (Lipinski definition) is 3. The van der Waals surface area contributed by atoms with Crippen molar-refractivity contribution in [3.8, 4) is 6.07 Å². The van der Waals surface area contributed by atoms with E-state index in [2.05, 4.69) is 6.58 Å². The summed E-state index contributed by atoms with van der Waals surface area (Å²) in [6.07, 6.45) is 1.02. The first-order valence-corrected chi connectivity index (χ1v) is 2.30. The Balaban J connectivity index is 0. The largest absolute Gasteiger partial charge is 0.373 e. The van der Waals surface area contributed by atoms with E-state index in [1.807, 2.05) is 13.0 Å². The van der Waals surface area contributed by atoms with Crippen LogP contribution in [0.25, 0.3) is 0 Å². The van der Waals surface area contributed by atoms with Gasteiger partial charge in [-0.3, -0.25) is 0 Å². The molecule has 0 spiro atoms. The summed E-state index contributed by atoms with van der Waals surface area (Å²) in [5.74, 6) is 0. The quantitative estimate of drug-likeness (QED) is 0.489. The fourth-order valence-corrected chi connectivity index (χ4v) is 0.0791. The second-order valence-electron chi connectivity index (χ2n) is 1.15. The van der Waals surface area contributed by atoms with Crippen LogP contribution in [0.15, 0.2) is 12.2 Å². The molecule has 0 bridgehead atoms. The van der Waals surface area contributed by atoms with Gasteiger partial charge in [-0.1, -0.05) is 13.5 Å². The minimum absolute atomic E-state index is 0.250. The third-order valence-corrected chi connectivity index (χ3v) is 0.585. The van der Waals surface area contributed by atoms with Gasteiger partial charge in [0.25, 0.3) is 0 Å². The van der Waals surface area contributed by atoms with Crippen LogP contribution in [0.4, 0.5) is 0 Å². The second kappa shape index (κ2) is 9.79. The van der Waals surface area contributed by atoms with Crippen LogP contribution >= 0.6 is 0 Å². The number of hydrogen-bond donors (Lipinski definition) is 0. The fraction of sp³-hybridized carbons (Fsp3) is 0.333. The molecule has 0 aliphatic heterocycles. The average molecular weight is 125 g/mol. The SMILES string of the molecule is C=C(C#N)CC.O=C=O. The monoisotopic (exact) mass is 125 g/mol. The standard InChI is InChI=1S/C5H7N.CO2/c1-3-5(2)4-6;2-1-3/h2-3H2,1H3;. The lowest BCUT2D eigenvalue weighted by Crippen LogP contribution is -1.64. The maximum atomic E-state index is 8.12. The smallest absolute Gasteiger partial charge is 0.193 e. The van der Waals surface area contributed by atoms with Gasteiger partial charge < -0.3 is 0 Å². The number of carbonyl (C=O) groups excluding carboxylic acids is 2. The molecule has 0 aromatic heterocycles. The molecule has 0 radical (unpaired) electrons. The van der Waals surface area contributed by atoms with Crippen LogP contribution in [0, 0.1) is 11.3 Å². The molecule has 3 nitrogen and oxygen atoms in total. The van der Waals surface area contributed by atoms with E-state index in [1.165, 1.54) is 0 Å². The highest BCUT2D eigenvalue weighted by Crippen LogP contribution is 1.89. The minimum Gasteiger partial charge on any atom is -0.193 e. The molecule has 0 aromatic carbocycles. The summed E-state index contributed by atoms with van der Waals surface area (Å²) >= 11 is 0. The number of nitrogens with zero attached hydrogens (tertiary/aromatic N) is 1. The summed E-state index contributed by atoms with van der Waals surface area (Å²) in [6.45, 7) is 5.34. The Morgan fingerprint density at radius 3 is 2.00 bits per heavy atom. The summed E-state index contributed by atoms with van der Waals surface area (Å²) in [7, 11) is 0. The van der Waals surface area contributed by atoms with E-state index in [4.69, 9.17) is 14.9 Å². The summed E-state index contributed by atoms with van der Waals surface area (Å²) in [5, 5.41) is 7.99. The van der Waals surface area contributed by atoms with Crippen molar-refractivity contribution in [1.29, 1.82) is 5.26 Å². The molecule has 0 atom stereocenters. The van der Waals surface area contributed by atoms with Gasteiger partial charge in [-0.15, -0.1) is 0 Å². The van der Waals surface area contributed by atoms with Crippen molar-refractivity contribution >= 4 is 6.15 Å². The average Bonchev–Trinajstić information content (AvgIpc) is 1.88. The van der Waals surface area contributed by atoms with Gasteiger partial charge in [0.1, 0.15) is 0 Å². The van der Waals surface area contributed by atoms with Crippen molar-refractivity contribution in [3.05, 3.63) is 12.2 Å². The molecular formula is C6H7NO2. The van der Waals surface area contributed by atoms with Crippen molar-refractivity contribution in [1.82, 2.24) is 0 Å². The summed E-state index contributed by atoms with van der Waals surface area (Å²) in [6, 6.07) is 1.92. The Morgan fingerprint density at radius 1 is 1.67 bits per heavy atom. The molecule has 0 aromatic rings. The molecular weight excluding hydrogens is 118 g/mol. The lowest BCUT2D eigenvalue weighted by molar-refractivity contribution is -0.191. The highest BCUT2D eigenvalue weighted by Gasteiger charge is 1.77. The Kier molecular flexibility index (Phi) is 11.5. The van der Waals surface area contributed by atoms with Crippen molar-refractivity contribution in [2.24, 2.45) is 0 Å². The fourth-order valence-electron chi connectivity index (χ4n) is 0.0791. The zero-order chi connectivity index (χ0) is 7.70. The van der Waals surface area contributed by atoms with Crippen LogP contribution in [0.3, 0.4) is 0 Å². The molecule has 3 heteroatoms. The predicted molar refractivity (Wildman–Crippen MR) is 30.1 cm³/mol. The van der Waals surface area contributed by atoms with Gasteiger partial charge in [0.2, 0.25) is 0 Å². The van der Waals surface area contributed by atoms with Crippen molar-refractivity contribution < 1.29 is 9.59 Å². The molecule has 0 aliphatic rings. The topological polar surface area (TPSA) is 57.9 Å². The van der Waals surface area contributed by atoms with Gasteiger partial charge in [-0.25, -0.2) is 0 Å². The zero-order valence-corrected chi connectivity index (χ0v) is 5.18. The lowest BCUT2D eigenvalue weighted by Gasteiger charge is -1.76. The third kappa shape index (κ3) is 20.6. The predicted octanol–water partition coefficient (Wildman–Crippen LogP) is 0.893. The van der Waals surface area contributed by atoms with Crippen LogP contribution in [0.5, 0.6) is 0 Å². The van der Waals surface area contributed by atoms with E-state index >= 15 is 0 Å². The molecule has 0 rings (SSSR count). The third-order valence-electron chi connectivity index (χ3n) is 0.585. The second-order valence-corrected chi connectivity index (χ2v) is 1.15. The van der Waals surface area contributed by atoms with E-state index < -0.39 is 0 Å². The first kappa shape index (κ1) is 10.6. The Hall–Kier alpha value is -1.39. The minimum atomic E-state index is 0.250. The van der Waals surface area contributed by atoms with E-state index in [9.17, 15) is 0 Å². The molecule has 0 aliphatic carbocycles. The van der Waals surface area contributed by atoms with Crippen LogP contribution in [-0.4, -0.2) is 6.15 Å². The molecule has 9 heavy (non-hydrogen) atoms. The highest BCUT2D eigenvalue weighted by molar-refractivity contribution is 5.20. The molecule has 0 N–H and O–H groups in total. The Bertz CT molecular complexity index is 149. The summed E-state index contributed by atoms with van der Waals surface area (Å²) < 4.78 is 0. The molecule has 0 saturated carbocycles. The summed E-state index contributed by atoms with van der Waals surface area (Å²) in [5.41, 5.74) is 0.648. The summed E-state index contributed by atoms with van der Waals surface area (Å²) in [4.78, 5) is 16.2. The molecule has 0 heterocycles. The molecule has 48 valence electrons. The Labute approximate surface area is 53.6 Å². The van der Waals surface area contributed by atoms with Crippen molar-refractivity contribution in [3.63, 3.8) is 0 Å². The number of nitriles is 1. The van der Waals surface area contributed by atoms with Gasteiger partial charge in [0.15, 0.2) is 0 Å². The Morgan fingerprint density at radius 2 is 2.00 bits per heavy atom. The van der Waals surface area contributed by atoms with E-state index in [0.717, 1.165) is 6.42 Å². The number of rotatable bonds is 1. The maximum absolute atomic E-state index is 8.12. The van der Waals surface area contributed by atoms with Crippen LogP contribution < -0.4 is 0 Å². The molecule has 0 unspecified atom stereocenters. The molecule has 0 amide bonds. The first-order valence-electron chi connectivity index (χ1n) is 2.30. The molecule has 0 saturated heterocycles. The van der Waals surface area contributed by atoms with Gasteiger partial charge in [-0.2, -0.15) is 14.9 Å². The van der Waals surface area contributed by atoms with Crippen LogP contribution in [0.1, 0.15) is 13.3 Å². The zero-order valence-electron chi connectivity index (χ0n) is 5.18. The maximum Gasteiger partial charge on any atom is 0.373 e. The first-order chi connectivity index (χ1) is 4.22. The van der Waals surface area contributed by atoms with Gasteiger partial charge in [0.05, 0.1) is 6.07 Å². The molecule has 0 fully saturated rings. The van der Waals surface area contributed by atoms with Gasteiger partial charge >= 0.3 is 6.15 Å². The highest BCUT2D eigenvalue weighted by atomic mass is 16.2. The van der Waals surface area contributed by atoms with Crippen LogP contribution in [-0.2, 0) is 9.59 Å². The van der Waals surface area contributed by atoms with E-state index in [-0.39, 0.29) is 6.15 Å². The van der Waals surface area contributed by atoms with E-state index in [1.54, 1.807) is 0 Å². The van der Waals surface area contributed by atoms with Gasteiger partial charge in [0, 0.05) is 5.57 Å². The van der Waals surface area contributed by atoms with Crippen LogP contribution in [0.2, 0.25) is 0 Å². The van der Waals surface area contributed by atoms with Crippen molar-refractivity contribution in [2.45, 2.75) is 13.3 Å².